The summed E-state index contributed by atoms with van der Waals surface area (Å²) in [5, 5.41) is 6.75. The lowest BCUT2D eigenvalue weighted by Crippen LogP contribution is -2.52. The first-order valence-corrected chi connectivity index (χ1v) is 7.85. The van der Waals surface area contributed by atoms with Crippen LogP contribution in [0.3, 0.4) is 0 Å². The molecule has 3 heterocycles. The van der Waals surface area contributed by atoms with Gasteiger partial charge >= 0.3 is 0 Å². The molecule has 0 bridgehead atoms. The Labute approximate surface area is 129 Å². The molecule has 2 aliphatic heterocycles. The van der Waals surface area contributed by atoms with E-state index in [1.54, 1.807) is 13.0 Å². The molecule has 7 nitrogen and oxygen atoms in total. The Hall–Kier alpha value is -1.44. The SMILES string of the molecule is Cc1cc(C(=O)NC[C@@H]([C@@H]2CCOC2)N2CCOCC2)no1. The van der Waals surface area contributed by atoms with Crippen molar-refractivity contribution in [3.05, 3.63) is 17.5 Å². The Balaban J connectivity index is 1.60. The second-order valence-corrected chi connectivity index (χ2v) is 5.87. The molecule has 0 aliphatic carbocycles. The molecule has 22 heavy (non-hydrogen) atoms. The van der Waals surface area contributed by atoms with Gasteiger partial charge in [0.1, 0.15) is 5.76 Å². The third-order valence-corrected chi connectivity index (χ3v) is 4.36. The van der Waals surface area contributed by atoms with Crippen molar-refractivity contribution >= 4 is 5.91 Å². The minimum atomic E-state index is -0.186. The molecule has 1 N–H and O–H groups in total. The van der Waals surface area contributed by atoms with Crippen molar-refractivity contribution in [1.82, 2.24) is 15.4 Å². The Bertz CT molecular complexity index is 493. The van der Waals surface area contributed by atoms with Crippen molar-refractivity contribution in [3.63, 3.8) is 0 Å². The number of nitrogens with one attached hydrogen (secondary N) is 1. The number of rotatable bonds is 5. The zero-order valence-corrected chi connectivity index (χ0v) is 12.9. The maximum absolute atomic E-state index is 12.2. The summed E-state index contributed by atoms with van der Waals surface area (Å²) in [7, 11) is 0. The van der Waals surface area contributed by atoms with Gasteiger partial charge in [0.25, 0.3) is 5.91 Å². The highest BCUT2D eigenvalue weighted by molar-refractivity contribution is 5.92. The Morgan fingerprint density at radius 1 is 1.41 bits per heavy atom. The molecule has 1 aromatic heterocycles. The van der Waals surface area contributed by atoms with Crippen molar-refractivity contribution in [2.24, 2.45) is 5.92 Å². The van der Waals surface area contributed by atoms with Crippen LogP contribution >= 0.6 is 0 Å². The molecule has 0 aromatic carbocycles. The minimum absolute atomic E-state index is 0.186. The summed E-state index contributed by atoms with van der Waals surface area (Å²) in [4.78, 5) is 14.6. The average Bonchev–Trinajstić information content (AvgIpc) is 3.20. The molecule has 0 unspecified atom stereocenters. The summed E-state index contributed by atoms with van der Waals surface area (Å²) in [5.74, 6) is 0.908. The fraction of sp³-hybridized carbons (Fsp3) is 0.733. The van der Waals surface area contributed by atoms with Gasteiger partial charge in [-0.1, -0.05) is 5.16 Å². The number of ether oxygens (including phenoxy) is 2. The molecule has 1 aromatic rings. The second kappa shape index (κ2) is 7.21. The maximum Gasteiger partial charge on any atom is 0.273 e. The van der Waals surface area contributed by atoms with Gasteiger partial charge < -0.3 is 19.3 Å². The topological polar surface area (TPSA) is 76.8 Å². The standard InChI is InChI=1S/C15H23N3O4/c1-11-8-13(17-22-11)15(19)16-9-14(12-2-5-21-10-12)18-3-6-20-7-4-18/h8,12,14H,2-7,9-10H2,1H3,(H,16,19)/t12-,14+/m1/s1. The Kier molecular flexibility index (Phi) is 5.07. The fourth-order valence-electron chi connectivity index (χ4n) is 3.12. The van der Waals surface area contributed by atoms with E-state index in [0.717, 1.165) is 45.9 Å². The lowest BCUT2D eigenvalue weighted by molar-refractivity contribution is 0.00164. The minimum Gasteiger partial charge on any atom is -0.381 e. The lowest BCUT2D eigenvalue weighted by atomic mass is 9.97. The van der Waals surface area contributed by atoms with Gasteiger partial charge in [-0.25, -0.2) is 0 Å². The number of carbonyl (C=O) groups excluding carboxylic acids is 1. The summed E-state index contributed by atoms with van der Waals surface area (Å²) < 4.78 is 15.9. The Morgan fingerprint density at radius 3 is 2.86 bits per heavy atom. The van der Waals surface area contributed by atoms with Crippen molar-refractivity contribution in [2.45, 2.75) is 19.4 Å². The normalized spacial score (nSPS) is 24.3. The summed E-state index contributed by atoms with van der Waals surface area (Å²) in [5.41, 5.74) is 0.334. The molecule has 1 amide bonds. The van der Waals surface area contributed by atoms with E-state index in [-0.39, 0.29) is 11.9 Å². The van der Waals surface area contributed by atoms with Crippen molar-refractivity contribution < 1.29 is 18.8 Å². The van der Waals surface area contributed by atoms with Crippen LogP contribution in [0.1, 0.15) is 22.7 Å². The predicted molar refractivity (Wildman–Crippen MR) is 78.7 cm³/mol. The van der Waals surface area contributed by atoms with Gasteiger partial charge in [0, 0.05) is 44.3 Å². The summed E-state index contributed by atoms with van der Waals surface area (Å²) in [6.45, 7) is 7.25. The molecule has 2 aliphatic rings. The molecule has 7 heteroatoms. The van der Waals surface area contributed by atoms with Crippen molar-refractivity contribution in [2.75, 3.05) is 46.1 Å². The van der Waals surface area contributed by atoms with Gasteiger partial charge in [-0.2, -0.15) is 0 Å². The molecule has 2 saturated heterocycles. The smallest absolute Gasteiger partial charge is 0.273 e. The van der Waals surface area contributed by atoms with Crippen LogP contribution in [0, 0.1) is 12.8 Å². The number of carbonyl (C=O) groups is 1. The van der Waals surface area contributed by atoms with Gasteiger partial charge in [0.2, 0.25) is 0 Å². The molecule has 3 rings (SSSR count). The first-order chi connectivity index (χ1) is 10.7. The van der Waals surface area contributed by atoms with E-state index < -0.39 is 0 Å². The monoisotopic (exact) mass is 309 g/mol. The summed E-state index contributed by atoms with van der Waals surface area (Å²) in [6.07, 6.45) is 1.04. The first-order valence-electron chi connectivity index (χ1n) is 7.85. The van der Waals surface area contributed by atoms with Gasteiger partial charge in [0.05, 0.1) is 19.8 Å². The number of nitrogens with zero attached hydrogens (tertiary/aromatic N) is 2. The van der Waals surface area contributed by atoms with Crippen LogP contribution in [-0.2, 0) is 9.47 Å². The summed E-state index contributed by atoms with van der Waals surface area (Å²) >= 11 is 0. The van der Waals surface area contributed by atoms with E-state index in [2.05, 4.69) is 15.4 Å². The van der Waals surface area contributed by atoms with E-state index >= 15 is 0 Å². The largest absolute Gasteiger partial charge is 0.381 e. The summed E-state index contributed by atoms with van der Waals surface area (Å²) in [6, 6.07) is 1.93. The van der Waals surface area contributed by atoms with Gasteiger partial charge in [-0.15, -0.1) is 0 Å². The maximum atomic E-state index is 12.2. The fourth-order valence-corrected chi connectivity index (χ4v) is 3.12. The molecule has 122 valence electrons. The van der Waals surface area contributed by atoms with E-state index in [1.165, 1.54) is 0 Å². The van der Waals surface area contributed by atoms with Gasteiger partial charge in [0.15, 0.2) is 5.69 Å². The molecule has 2 fully saturated rings. The molecular weight excluding hydrogens is 286 g/mol. The highest BCUT2D eigenvalue weighted by atomic mass is 16.5. The van der Waals surface area contributed by atoms with Gasteiger partial charge in [-0.05, 0) is 13.3 Å². The highest BCUT2D eigenvalue weighted by Crippen LogP contribution is 2.22. The highest BCUT2D eigenvalue weighted by Gasteiger charge is 2.32. The number of aromatic nitrogens is 1. The van der Waals surface area contributed by atoms with Gasteiger partial charge in [-0.3, -0.25) is 9.69 Å². The zero-order valence-electron chi connectivity index (χ0n) is 12.9. The van der Waals surface area contributed by atoms with Crippen LogP contribution in [0.15, 0.2) is 10.6 Å². The van der Waals surface area contributed by atoms with E-state index in [9.17, 15) is 4.79 Å². The average molecular weight is 309 g/mol. The van der Waals surface area contributed by atoms with Crippen LogP contribution < -0.4 is 5.32 Å². The van der Waals surface area contributed by atoms with Crippen LogP contribution in [0.25, 0.3) is 0 Å². The molecule has 0 radical (unpaired) electrons. The van der Waals surface area contributed by atoms with Crippen LogP contribution in [-0.4, -0.2) is 68.1 Å². The first kappa shape index (κ1) is 15.5. The number of aryl methyl sites for hydroxylation is 1. The number of morpholine rings is 1. The quantitative estimate of drug-likeness (QED) is 0.851. The predicted octanol–water partition coefficient (Wildman–Crippen LogP) is 0.450. The molecular formula is C15H23N3O4. The molecule has 2 atom stereocenters. The third-order valence-electron chi connectivity index (χ3n) is 4.36. The Morgan fingerprint density at radius 2 is 2.23 bits per heavy atom. The molecule has 0 saturated carbocycles. The number of amides is 1. The van der Waals surface area contributed by atoms with E-state index in [4.69, 9.17) is 14.0 Å². The van der Waals surface area contributed by atoms with Crippen LogP contribution in [0.4, 0.5) is 0 Å². The zero-order chi connectivity index (χ0) is 15.4. The van der Waals surface area contributed by atoms with E-state index in [1.807, 2.05) is 0 Å². The van der Waals surface area contributed by atoms with Crippen LogP contribution in [0.5, 0.6) is 0 Å². The van der Waals surface area contributed by atoms with Crippen LogP contribution in [0.2, 0.25) is 0 Å². The van der Waals surface area contributed by atoms with Crippen molar-refractivity contribution in [1.29, 1.82) is 0 Å². The second-order valence-electron chi connectivity index (χ2n) is 5.87. The van der Waals surface area contributed by atoms with E-state index in [0.29, 0.717) is 23.9 Å². The molecule has 0 spiro atoms. The number of hydrogen-bond acceptors (Lipinski definition) is 6. The third kappa shape index (κ3) is 3.66. The van der Waals surface area contributed by atoms with Crippen molar-refractivity contribution in [3.8, 4) is 0 Å². The lowest BCUT2D eigenvalue weighted by Gasteiger charge is -2.37. The number of hydrogen-bond donors (Lipinski definition) is 1.